The van der Waals surface area contributed by atoms with Gasteiger partial charge >= 0.3 is 0 Å². The molecule has 0 aromatic heterocycles. The Hall–Kier alpha value is -1.22. The van der Waals surface area contributed by atoms with Crippen molar-refractivity contribution in [2.75, 3.05) is 31.6 Å². The number of nitrogens with zero attached hydrogens (tertiary/aromatic N) is 2. The highest BCUT2D eigenvalue weighted by atomic mass is 16.5. The van der Waals surface area contributed by atoms with Crippen molar-refractivity contribution in [3.63, 3.8) is 0 Å². The molecule has 0 aliphatic carbocycles. The molecule has 0 amide bonds. The number of anilines is 1. The maximum Gasteiger partial charge on any atom is 0.119 e. The number of hydrogen-bond donors (Lipinski definition) is 0. The van der Waals surface area contributed by atoms with Gasteiger partial charge in [-0.15, -0.1) is 0 Å². The monoisotopic (exact) mass is 274 g/mol. The Morgan fingerprint density at radius 3 is 2.20 bits per heavy atom. The van der Waals surface area contributed by atoms with Gasteiger partial charge in [-0.05, 0) is 43.0 Å². The molecule has 1 aromatic rings. The van der Waals surface area contributed by atoms with Crippen LogP contribution in [0.5, 0.6) is 5.75 Å². The minimum Gasteiger partial charge on any atom is -0.497 e. The molecule has 3 heteroatoms. The molecular formula is C17H26N2O. The van der Waals surface area contributed by atoms with Crippen LogP contribution in [0, 0.1) is 5.92 Å². The number of rotatable bonds is 4. The van der Waals surface area contributed by atoms with Crippen LogP contribution in [0.2, 0.25) is 0 Å². The fourth-order valence-electron chi connectivity index (χ4n) is 3.71. The van der Waals surface area contributed by atoms with E-state index in [9.17, 15) is 0 Å². The van der Waals surface area contributed by atoms with E-state index < -0.39 is 0 Å². The van der Waals surface area contributed by atoms with Crippen LogP contribution in [0.4, 0.5) is 5.69 Å². The Morgan fingerprint density at radius 1 is 1.10 bits per heavy atom. The molecule has 2 atom stereocenters. The lowest BCUT2D eigenvalue weighted by Gasteiger charge is -2.43. The van der Waals surface area contributed by atoms with Crippen molar-refractivity contribution in [3.8, 4) is 5.75 Å². The molecule has 2 saturated heterocycles. The van der Waals surface area contributed by atoms with Gasteiger partial charge in [0.1, 0.15) is 5.75 Å². The Labute approximate surface area is 122 Å². The van der Waals surface area contributed by atoms with E-state index in [-0.39, 0.29) is 0 Å². The average molecular weight is 274 g/mol. The molecule has 2 bridgehead atoms. The quantitative estimate of drug-likeness (QED) is 0.839. The first kappa shape index (κ1) is 13.7. The molecule has 0 spiro atoms. The third-order valence-corrected chi connectivity index (χ3v) is 4.65. The summed E-state index contributed by atoms with van der Waals surface area (Å²) in [4.78, 5) is 5.31. The first-order valence-corrected chi connectivity index (χ1v) is 7.82. The van der Waals surface area contributed by atoms with Gasteiger partial charge in [-0.1, -0.05) is 13.8 Å². The summed E-state index contributed by atoms with van der Waals surface area (Å²) < 4.78 is 5.25. The number of piperazine rings is 1. The SMILES string of the molecule is COc1ccc(N2CC3CCC(C2)N3CC(C)C)cc1. The lowest BCUT2D eigenvalue weighted by Crippen LogP contribution is -2.54. The van der Waals surface area contributed by atoms with Crippen molar-refractivity contribution in [2.45, 2.75) is 38.8 Å². The molecule has 0 N–H and O–H groups in total. The zero-order chi connectivity index (χ0) is 14.1. The largest absolute Gasteiger partial charge is 0.497 e. The molecule has 2 aliphatic heterocycles. The van der Waals surface area contributed by atoms with Crippen LogP contribution >= 0.6 is 0 Å². The summed E-state index contributed by atoms with van der Waals surface area (Å²) in [5, 5.41) is 0. The minimum atomic E-state index is 0.748. The highest BCUT2D eigenvalue weighted by Crippen LogP contribution is 2.33. The third kappa shape index (κ3) is 2.64. The molecule has 3 nitrogen and oxygen atoms in total. The van der Waals surface area contributed by atoms with E-state index in [0.717, 1.165) is 23.8 Å². The molecule has 0 radical (unpaired) electrons. The van der Waals surface area contributed by atoms with Gasteiger partial charge in [-0.25, -0.2) is 0 Å². The number of fused-ring (bicyclic) bond motifs is 2. The molecule has 2 aliphatic rings. The zero-order valence-corrected chi connectivity index (χ0v) is 12.9. The Bertz CT molecular complexity index is 429. The van der Waals surface area contributed by atoms with Crippen molar-refractivity contribution in [2.24, 2.45) is 5.92 Å². The van der Waals surface area contributed by atoms with Gasteiger partial charge in [-0.3, -0.25) is 4.90 Å². The summed E-state index contributed by atoms with van der Waals surface area (Å²) in [6.07, 6.45) is 2.73. The summed E-state index contributed by atoms with van der Waals surface area (Å²) in [5.41, 5.74) is 1.34. The van der Waals surface area contributed by atoms with E-state index in [1.54, 1.807) is 7.11 Å². The van der Waals surface area contributed by atoms with Crippen LogP contribution in [0.15, 0.2) is 24.3 Å². The summed E-state index contributed by atoms with van der Waals surface area (Å²) in [6.45, 7) is 8.27. The predicted octanol–water partition coefficient (Wildman–Crippen LogP) is 3.00. The van der Waals surface area contributed by atoms with Gasteiger partial charge in [0.2, 0.25) is 0 Å². The molecule has 1 aromatic carbocycles. The van der Waals surface area contributed by atoms with Gasteiger partial charge < -0.3 is 9.64 Å². The highest BCUT2D eigenvalue weighted by molar-refractivity contribution is 5.50. The lowest BCUT2D eigenvalue weighted by atomic mass is 10.1. The van der Waals surface area contributed by atoms with Gasteiger partial charge in [0.25, 0.3) is 0 Å². The van der Waals surface area contributed by atoms with Crippen LogP contribution in [0.1, 0.15) is 26.7 Å². The van der Waals surface area contributed by atoms with Crippen molar-refractivity contribution < 1.29 is 4.74 Å². The number of hydrogen-bond acceptors (Lipinski definition) is 3. The number of ether oxygens (including phenoxy) is 1. The number of methoxy groups -OCH3 is 1. The van der Waals surface area contributed by atoms with Gasteiger partial charge in [0.05, 0.1) is 7.11 Å². The second-order valence-corrected chi connectivity index (χ2v) is 6.58. The minimum absolute atomic E-state index is 0.748. The Balaban J connectivity index is 1.70. The summed E-state index contributed by atoms with van der Waals surface area (Å²) in [7, 11) is 1.72. The second-order valence-electron chi connectivity index (χ2n) is 6.58. The summed E-state index contributed by atoms with van der Waals surface area (Å²) in [6, 6.07) is 10.0. The van der Waals surface area contributed by atoms with E-state index >= 15 is 0 Å². The lowest BCUT2D eigenvalue weighted by molar-refractivity contribution is 0.151. The van der Waals surface area contributed by atoms with E-state index in [0.29, 0.717) is 0 Å². The summed E-state index contributed by atoms with van der Waals surface area (Å²) in [5.74, 6) is 1.71. The smallest absolute Gasteiger partial charge is 0.119 e. The molecule has 2 heterocycles. The van der Waals surface area contributed by atoms with Crippen molar-refractivity contribution >= 4 is 5.69 Å². The fourth-order valence-corrected chi connectivity index (χ4v) is 3.71. The van der Waals surface area contributed by atoms with Crippen molar-refractivity contribution in [1.82, 2.24) is 4.90 Å². The Morgan fingerprint density at radius 2 is 1.70 bits per heavy atom. The van der Waals surface area contributed by atoms with Crippen LogP contribution in [0.3, 0.4) is 0 Å². The highest BCUT2D eigenvalue weighted by Gasteiger charge is 2.39. The zero-order valence-electron chi connectivity index (χ0n) is 12.9. The van der Waals surface area contributed by atoms with Gasteiger partial charge in [-0.2, -0.15) is 0 Å². The van der Waals surface area contributed by atoms with E-state index in [2.05, 4.69) is 47.9 Å². The molecule has 110 valence electrons. The Kier molecular flexibility index (Phi) is 3.88. The molecule has 2 unspecified atom stereocenters. The maximum atomic E-state index is 5.25. The van der Waals surface area contributed by atoms with Gasteiger partial charge in [0.15, 0.2) is 0 Å². The van der Waals surface area contributed by atoms with E-state index in [1.165, 1.54) is 38.2 Å². The first-order valence-electron chi connectivity index (χ1n) is 7.82. The maximum absolute atomic E-state index is 5.25. The third-order valence-electron chi connectivity index (χ3n) is 4.65. The van der Waals surface area contributed by atoms with E-state index in [4.69, 9.17) is 4.74 Å². The van der Waals surface area contributed by atoms with Crippen LogP contribution in [0.25, 0.3) is 0 Å². The fraction of sp³-hybridized carbons (Fsp3) is 0.647. The van der Waals surface area contributed by atoms with Crippen molar-refractivity contribution in [3.05, 3.63) is 24.3 Å². The van der Waals surface area contributed by atoms with Crippen LogP contribution < -0.4 is 9.64 Å². The van der Waals surface area contributed by atoms with Crippen LogP contribution in [-0.4, -0.2) is 43.7 Å². The summed E-state index contributed by atoms with van der Waals surface area (Å²) >= 11 is 0. The number of benzene rings is 1. The molecule has 20 heavy (non-hydrogen) atoms. The molecule has 2 fully saturated rings. The normalized spacial score (nSPS) is 26.3. The molecule has 0 saturated carbocycles. The van der Waals surface area contributed by atoms with Gasteiger partial charge in [0, 0.05) is 37.4 Å². The van der Waals surface area contributed by atoms with Crippen molar-refractivity contribution in [1.29, 1.82) is 0 Å². The van der Waals surface area contributed by atoms with E-state index in [1.807, 2.05) is 0 Å². The molecular weight excluding hydrogens is 248 g/mol. The first-order chi connectivity index (χ1) is 9.67. The van der Waals surface area contributed by atoms with Crippen LogP contribution in [-0.2, 0) is 0 Å². The topological polar surface area (TPSA) is 15.7 Å². The average Bonchev–Trinajstić information content (AvgIpc) is 2.69. The predicted molar refractivity (Wildman–Crippen MR) is 83.6 cm³/mol. The standard InChI is InChI=1S/C17H26N2O/c1-13(2)10-19-15-4-5-16(19)12-18(11-15)14-6-8-17(20-3)9-7-14/h6-9,13,15-16H,4-5,10-12H2,1-3H3. The molecule has 3 rings (SSSR count). The second kappa shape index (κ2) is 5.65.